The summed E-state index contributed by atoms with van der Waals surface area (Å²) < 4.78 is 29.0. The molecule has 0 atom stereocenters. The van der Waals surface area contributed by atoms with Gasteiger partial charge in [-0.15, -0.1) is 0 Å². The van der Waals surface area contributed by atoms with Crippen LogP contribution in [-0.2, 0) is 5.41 Å². The normalized spacial score (nSPS) is 11.2. The van der Waals surface area contributed by atoms with Gasteiger partial charge in [-0.05, 0) is 59.7 Å². The van der Waals surface area contributed by atoms with E-state index in [0.717, 1.165) is 11.4 Å². The first-order valence-corrected chi connectivity index (χ1v) is 10.6. The molecule has 0 aromatic heterocycles. The Balaban J connectivity index is 1.65. The molecule has 4 nitrogen and oxygen atoms in total. The van der Waals surface area contributed by atoms with Crippen LogP contribution in [0.1, 0.15) is 11.1 Å². The molecular formula is C27H26F2N4. The van der Waals surface area contributed by atoms with Crippen molar-refractivity contribution in [3.8, 4) is 0 Å². The van der Waals surface area contributed by atoms with Crippen LogP contribution in [0.3, 0.4) is 0 Å². The number of anilines is 6. The molecule has 33 heavy (non-hydrogen) atoms. The first kappa shape index (κ1) is 22.1. The van der Waals surface area contributed by atoms with Crippen LogP contribution in [-0.4, -0.2) is 13.3 Å². The Morgan fingerprint density at radius 3 is 1.30 bits per heavy atom. The van der Waals surface area contributed by atoms with E-state index in [1.807, 2.05) is 60.7 Å². The minimum absolute atomic E-state index is 0.401. The number of nitrogens with two attached hydrogens (primary N) is 2. The van der Waals surface area contributed by atoms with Crippen LogP contribution in [0.4, 0.5) is 42.9 Å². The predicted molar refractivity (Wildman–Crippen MR) is 134 cm³/mol. The Kier molecular flexibility index (Phi) is 6.45. The maximum Gasteiger partial charge on any atom is 0.106 e. The molecule has 6 heteroatoms. The molecule has 0 amide bonds. The van der Waals surface area contributed by atoms with Gasteiger partial charge in [0.05, 0.1) is 28.2 Å². The molecule has 4 aromatic carbocycles. The van der Waals surface area contributed by atoms with E-state index in [0.29, 0.717) is 33.9 Å². The summed E-state index contributed by atoms with van der Waals surface area (Å²) >= 11 is 0. The van der Waals surface area contributed by atoms with E-state index in [1.165, 1.54) is 0 Å². The number of hydrogen-bond donors (Lipinski definition) is 4. The molecule has 0 saturated carbocycles. The molecular weight excluding hydrogens is 418 g/mol. The van der Waals surface area contributed by atoms with Crippen molar-refractivity contribution in [2.45, 2.75) is 5.41 Å². The standard InChI is InChI=1S/C27H26F2N4/c28-17-27(18-29,19-11-13-25(23(30)15-19)32-21-7-3-1-4-8-21)20-12-14-26(24(31)16-20)33-22-9-5-2-6-10-22/h1-16,32-33H,17-18,30-31H2. The van der Waals surface area contributed by atoms with Gasteiger partial charge in [0, 0.05) is 11.4 Å². The third-order valence-electron chi connectivity index (χ3n) is 5.77. The average Bonchev–Trinajstić information content (AvgIpc) is 2.85. The van der Waals surface area contributed by atoms with E-state index in [2.05, 4.69) is 10.6 Å². The quantitative estimate of drug-likeness (QED) is 0.232. The van der Waals surface area contributed by atoms with Gasteiger partial charge in [0.2, 0.25) is 0 Å². The Bertz CT molecular complexity index is 1120. The fourth-order valence-electron chi connectivity index (χ4n) is 3.81. The van der Waals surface area contributed by atoms with E-state index in [9.17, 15) is 8.78 Å². The number of hydrogen-bond acceptors (Lipinski definition) is 4. The highest BCUT2D eigenvalue weighted by molar-refractivity contribution is 5.76. The topological polar surface area (TPSA) is 76.1 Å². The van der Waals surface area contributed by atoms with Crippen LogP contribution in [0.2, 0.25) is 0 Å². The molecule has 4 aromatic rings. The Morgan fingerprint density at radius 2 is 0.970 bits per heavy atom. The molecule has 4 rings (SSSR count). The average molecular weight is 445 g/mol. The maximum absolute atomic E-state index is 14.5. The fourth-order valence-corrected chi connectivity index (χ4v) is 3.81. The van der Waals surface area contributed by atoms with E-state index >= 15 is 0 Å². The summed E-state index contributed by atoms with van der Waals surface area (Å²) in [6, 6.07) is 29.2. The molecule has 0 fully saturated rings. The van der Waals surface area contributed by atoms with E-state index < -0.39 is 18.8 Å². The van der Waals surface area contributed by atoms with Crippen LogP contribution in [0.5, 0.6) is 0 Å². The summed E-state index contributed by atoms with van der Waals surface area (Å²) in [6.45, 7) is -1.86. The number of para-hydroxylation sites is 2. The zero-order chi connectivity index (χ0) is 23.3. The monoisotopic (exact) mass is 444 g/mol. The molecule has 0 unspecified atom stereocenters. The molecule has 0 saturated heterocycles. The van der Waals surface area contributed by atoms with Crippen molar-refractivity contribution < 1.29 is 8.78 Å². The summed E-state index contributed by atoms with van der Waals surface area (Å²) in [5, 5.41) is 6.45. The highest BCUT2D eigenvalue weighted by atomic mass is 19.1. The van der Waals surface area contributed by atoms with Crippen molar-refractivity contribution in [3.63, 3.8) is 0 Å². The van der Waals surface area contributed by atoms with Gasteiger partial charge in [-0.25, -0.2) is 8.78 Å². The Morgan fingerprint density at radius 1 is 0.576 bits per heavy atom. The van der Waals surface area contributed by atoms with Crippen LogP contribution in [0.25, 0.3) is 0 Å². The lowest BCUT2D eigenvalue weighted by atomic mass is 9.76. The first-order valence-electron chi connectivity index (χ1n) is 10.6. The molecule has 0 aliphatic carbocycles. The van der Waals surface area contributed by atoms with Crippen molar-refractivity contribution in [2.75, 3.05) is 35.5 Å². The van der Waals surface area contributed by atoms with E-state index in [1.54, 1.807) is 36.4 Å². The fraction of sp³-hybridized carbons (Fsp3) is 0.111. The van der Waals surface area contributed by atoms with E-state index in [-0.39, 0.29) is 0 Å². The van der Waals surface area contributed by atoms with Crippen molar-refractivity contribution in [1.82, 2.24) is 0 Å². The lowest BCUT2D eigenvalue weighted by molar-refractivity contribution is 0.279. The molecule has 168 valence electrons. The van der Waals surface area contributed by atoms with Crippen molar-refractivity contribution in [3.05, 3.63) is 108 Å². The lowest BCUT2D eigenvalue weighted by Gasteiger charge is -2.30. The lowest BCUT2D eigenvalue weighted by Crippen LogP contribution is -2.33. The molecule has 0 bridgehead atoms. The smallest absolute Gasteiger partial charge is 0.106 e. The van der Waals surface area contributed by atoms with Crippen LogP contribution >= 0.6 is 0 Å². The van der Waals surface area contributed by atoms with Crippen molar-refractivity contribution >= 4 is 34.1 Å². The van der Waals surface area contributed by atoms with Gasteiger partial charge in [0.1, 0.15) is 13.3 Å². The Hall–Kier alpha value is -4.06. The molecule has 0 aliphatic rings. The summed E-state index contributed by atoms with van der Waals surface area (Å²) in [4.78, 5) is 0. The minimum Gasteiger partial charge on any atom is -0.397 e. The van der Waals surface area contributed by atoms with Crippen LogP contribution in [0.15, 0.2) is 97.1 Å². The summed E-state index contributed by atoms with van der Waals surface area (Å²) in [7, 11) is 0. The van der Waals surface area contributed by atoms with Gasteiger partial charge in [-0.1, -0.05) is 48.5 Å². The number of benzene rings is 4. The molecule has 0 radical (unpaired) electrons. The first-order chi connectivity index (χ1) is 16.1. The second-order valence-corrected chi connectivity index (χ2v) is 7.94. The number of nitrogen functional groups attached to an aromatic ring is 2. The largest absolute Gasteiger partial charge is 0.397 e. The van der Waals surface area contributed by atoms with Crippen molar-refractivity contribution in [2.24, 2.45) is 0 Å². The summed E-state index contributed by atoms with van der Waals surface area (Å²) in [5.74, 6) is 0. The molecule has 0 heterocycles. The third-order valence-corrected chi connectivity index (χ3v) is 5.77. The minimum atomic E-state index is -1.50. The molecule has 0 aliphatic heterocycles. The van der Waals surface area contributed by atoms with Gasteiger partial charge >= 0.3 is 0 Å². The highest BCUT2D eigenvalue weighted by Gasteiger charge is 2.36. The number of rotatable bonds is 8. The third kappa shape index (κ3) is 4.60. The summed E-state index contributed by atoms with van der Waals surface area (Å²) in [6.07, 6.45) is 0. The second kappa shape index (κ2) is 9.61. The zero-order valence-corrected chi connectivity index (χ0v) is 18.1. The van der Waals surface area contributed by atoms with Gasteiger partial charge in [-0.3, -0.25) is 0 Å². The SMILES string of the molecule is Nc1cc(C(CF)(CF)c2ccc(Nc3ccccc3)c(N)c2)ccc1Nc1ccccc1. The zero-order valence-electron chi connectivity index (χ0n) is 18.1. The predicted octanol–water partition coefficient (Wildman–Crippen LogP) is 6.56. The van der Waals surface area contributed by atoms with Crippen LogP contribution < -0.4 is 22.1 Å². The maximum atomic E-state index is 14.5. The second-order valence-electron chi connectivity index (χ2n) is 7.94. The van der Waals surface area contributed by atoms with Gasteiger partial charge in [-0.2, -0.15) is 0 Å². The van der Waals surface area contributed by atoms with Crippen molar-refractivity contribution in [1.29, 1.82) is 0 Å². The van der Waals surface area contributed by atoms with Gasteiger partial charge < -0.3 is 22.1 Å². The number of alkyl halides is 2. The van der Waals surface area contributed by atoms with Gasteiger partial charge in [0.25, 0.3) is 0 Å². The van der Waals surface area contributed by atoms with Gasteiger partial charge in [0.15, 0.2) is 0 Å². The number of halogens is 2. The van der Waals surface area contributed by atoms with Crippen LogP contribution in [0, 0.1) is 0 Å². The van der Waals surface area contributed by atoms with E-state index in [4.69, 9.17) is 11.5 Å². The molecule has 6 N–H and O–H groups in total. The number of nitrogens with one attached hydrogen (secondary N) is 2. The highest BCUT2D eigenvalue weighted by Crippen LogP contribution is 2.39. The summed E-state index contributed by atoms with van der Waals surface area (Å²) in [5.41, 5.74) is 15.8. The Labute approximate surface area is 192 Å². The molecule has 0 spiro atoms.